The van der Waals surface area contributed by atoms with Gasteiger partial charge in [-0.05, 0) is 47.3 Å². The van der Waals surface area contributed by atoms with Crippen LogP contribution >= 0.6 is 0 Å². The van der Waals surface area contributed by atoms with Crippen LogP contribution in [-0.2, 0) is 0 Å². The Morgan fingerprint density at radius 1 is 0.718 bits per heavy atom. The Kier molecular flexibility index (Phi) is 5.09. The number of fused-ring (bicyclic) bond motifs is 3. The zero-order chi connectivity index (χ0) is 26.5. The van der Waals surface area contributed by atoms with Gasteiger partial charge in [-0.3, -0.25) is 19.5 Å². The number of hydrogen-bond donors (Lipinski definition) is 0. The SMILES string of the molecule is O=c1c2ccccc2ccn1-c1c2c(-c3ccc([N+](=O)[O-])cc3)c(-c3ccccc3)nc-2oc2ccccc12. The van der Waals surface area contributed by atoms with Gasteiger partial charge >= 0.3 is 0 Å². The van der Waals surface area contributed by atoms with E-state index < -0.39 is 4.92 Å². The largest absolute Gasteiger partial charge is 0.438 e. The van der Waals surface area contributed by atoms with Crippen LogP contribution in [-0.4, -0.2) is 14.5 Å². The molecule has 0 N–H and O–H groups in total. The summed E-state index contributed by atoms with van der Waals surface area (Å²) in [4.78, 5) is 29.8. The van der Waals surface area contributed by atoms with Gasteiger partial charge in [-0.2, -0.15) is 0 Å². The molecule has 0 spiro atoms. The standard InChI is InChI=1S/C32H19N3O4/c36-32-24-11-5-4-8-20(24)18-19-34(32)30-25-12-6-7-13-26(25)39-31-28(30)27(21-14-16-23(17-15-21)35(37)38)29(33-31)22-9-2-1-3-10-22/h1-19H. The molecule has 0 bridgehead atoms. The minimum atomic E-state index is -0.424. The van der Waals surface area contributed by atoms with Crippen LogP contribution in [0.5, 0.6) is 0 Å². The summed E-state index contributed by atoms with van der Waals surface area (Å²) >= 11 is 0. The van der Waals surface area contributed by atoms with Gasteiger partial charge in [0.2, 0.25) is 5.89 Å². The number of hydrogen-bond acceptors (Lipinski definition) is 5. The average molecular weight is 510 g/mol. The van der Waals surface area contributed by atoms with Gasteiger partial charge < -0.3 is 4.42 Å². The molecule has 0 radical (unpaired) electrons. The lowest BCUT2D eigenvalue weighted by atomic mass is 9.95. The maximum atomic E-state index is 13.9. The molecule has 5 aromatic rings. The van der Waals surface area contributed by atoms with E-state index in [0.717, 1.165) is 27.5 Å². The Labute approximate surface area is 221 Å². The first-order valence-electron chi connectivity index (χ1n) is 12.4. The van der Waals surface area contributed by atoms with Crippen molar-refractivity contribution in [1.82, 2.24) is 9.55 Å². The Morgan fingerprint density at radius 2 is 1.41 bits per heavy atom. The van der Waals surface area contributed by atoms with Crippen LogP contribution < -0.4 is 5.56 Å². The Hall–Kier alpha value is -5.56. The van der Waals surface area contributed by atoms with Crippen molar-refractivity contribution < 1.29 is 9.34 Å². The molecule has 7 nitrogen and oxygen atoms in total. The van der Waals surface area contributed by atoms with E-state index in [4.69, 9.17) is 9.40 Å². The lowest BCUT2D eigenvalue weighted by Crippen LogP contribution is -2.18. The van der Waals surface area contributed by atoms with Gasteiger partial charge in [-0.1, -0.05) is 60.7 Å². The van der Waals surface area contributed by atoms with E-state index in [9.17, 15) is 14.9 Å². The first-order valence-corrected chi connectivity index (χ1v) is 12.4. The summed E-state index contributed by atoms with van der Waals surface area (Å²) in [5.74, 6) is 0.371. The number of pyridine rings is 1. The van der Waals surface area contributed by atoms with E-state index in [0.29, 0.717) is 33.8 Å². The van der Waals surface area contributed by atoms with Crippen molar-refractivity contribution in [3.63, 3.8) is 0 Å². The number of nitrogens with zero attached hydrogens (tertiary/aromatic N) is 3. The highest BCUT2D eigenvalue weighted by Gasteiger charge is 2.29. The van der Waals surface area contributed by atoms with Gasteiger partial charge in [0.15, 0.2) is 0 Å². The zero-order valence-electron chi connectivity index (χ0n) is 20.4. The molecule has 4 aromatic carbocycles. The van der Waals surface area contributed by atoms with E-state index in [2.05, 4.69) is 0 Å². The fourth-order valence-corrected chi connectivity index (χ4v) is 5.17. The molecule has 0 atom stereocenters. The molecule has 7 rings (SSSR count). The highest BCUT2D eigenvalue weighted by atomic mass is 16.6. The summed E-state index contributed by atoms with van der Waals surface area (Å²) in [6, 6.07) is 33.0. The predicted molar refractivity (Wildman–Crippen MR) is 151 cm³/mol. The van der Waals surface area contributed by atoms with Crippen LogP contribution in [0.2, 0.25) is 0 Å². The van der Waals surface area contributed by atoms with Crippen molar-refractivity contribution in [1.29, 1.82) is 0 Å². The van der Waals surface area contributed by atoms with Crippen molar-refractivity contribution in [3.05, 3.63) is 136 Å². The van der Waals surface area contributed by atoms with E-state index in [-0.39, 0.29) is 11.2 Å². The summed E-state index contributed by atoms with van der Waals surface area (Å²) in [6.45, 7) is 0. The molecule has 0 aliphatic carbocycles. The van der Waals surface area contributed by atoms with Crippen molar-refractivity contribution in [2.24, 2.45) is 0 Å². The van der Waals surface area contributed by atoms with Gasteiger partial charge in [0.25, 0.3) is 11.2 Å². The van der Waals surface area contributed by atoms with Gasteiger partial charge in [0.05, 0.1) is 21.9 Å². The number of non-ortho nitro benzene ring substituents is 1. The molecule has 0 saturated heterocycles. The fourth-order valence-electron chi connectivity index (χ4n) is 5.17. The summed E-state index contributed by atoms with van der Waals surface area (Å²) in [5, 5.41) is 13.6. The summed E-state index contributed by atoms with van der Waals surface area (Å²) in [6.07, 6.45) is 1.78. The van der Waals surface area contributed by atoms with Crippen molar-refractivity contribution in [2.45, 2.75) is 0 Å². The molecular formula is C32H19N3O4. The summed E-state index contributed by atoms with van der Waals surface area (Å²) in [7, 11) is 0. The third kappa shape index (κ3) is 3.59. The number of aromatic nitrogens is 2. The molecule has 39 heavy (non-hydrogen) atoms. The second-order valence-corrected chi connectivity index (χ2v) is 9.21. The molecule has 0 fully saturated rings. The molecule has 2 aliphatic rings. The van der Waals surface area contributed by atoms with Crippen molar-refractivity contribution >= 4 is 27.4 Å². The lowest BCUT2D eigenvalue weighted by Gasteiger charge is -2.16. The molecule has 3 heterocycles. The Bertz CT molecular complexity index is 2060. The van der Waals surface area contributed by atoms with Crippen LogP contribution in [0.1, 0.15) is 0 Å². The topological polar surface area (TPSA) is 91.2 Å². The molecule has 0 unspecified atom stereocenters. The molecule has 0 saturated carbocycles. The third-order valence-corrected chi connectivity index (χ3v) is 6.97. The van der Waals surface area contributed by atoms with Crippen molar-refractivity contribution in [3.8, 4) is 39.5 Å². The smallest absolute Gasteiger partial charge is 0.269 e. The average Bonchev–Trinajstić information content (AvgIpc) is 3.36. The van der Waals surface area contributed by atoms with Crippen LogP contribution in [0.25, 0.3) is 61.3 Å². The molecule has 186 valence electrons. The third-order valence-electron chi connectivity index (χ3n) is 6.97. The number of para-hydroxylation sites is 1. The summed E-state index contributed by atoms with van der Waals surface area (Å²) < 4.78 is 7.97. The van der Waals surface area contributed by atoms with Crippen LogP contribution in [0.4, 0.5) is 5.69 Å². The van der Waals surface area contributed by atoms with Crippen LogP contribution in [0.3, 0.4) is 0 Å². The number of nitro groups is 1. The van der Waals surface area contributed by atoms with E-state index in [1.807, 2.05) is 84.9 Å². The normalized spacial score (nSPS) is 11.4. The van der Waals surface area contributed by atoms with Gasteiger partial charge in [-0.25, -0.2) is 4.98 Å². The van der Waals surface area contributed by atoms with E-state index in [1.54, 1.807) is 22.9 Å². The number of benzene rings is 4. The second-order valence-electron chi connectivity index (χ2n) is 9.21. The maximum absolute atomic E-state index is 13.9. The fraction of sp³-hybridized carbons (Fsp3) is 0. The first kappa shape index (κ1) is 22.6. The van der Waals surface area contributed by atoms with E-state index in [1.165, 1.54) is 12.1 Å². The molecule has 2 aliphatic heterocycles. The molecule has 0 amide bonds. The Balaban J connectivity index is 1.65. The minimum Gasteiger partial charge on any atom is -0.438 e. The van der Waals surface area contributed by atoms with Crippen LogP contribution in [0, 0.1) is 10.1 Å². The monoisotopic (exact) mass is 509 g/mol. The van der Waals surface area contributed by atoms with Gasteiger partial charge in [0, 0.05) is 40.2 Å². The number of nitro benzene ring substituents is 1. The second kappa shape index (κ2) is 8.78. The maximum Gasteiger partial charge on any atom is 0.269 e. The van der Waals surface area contributed by atoms with Crippen LogP contribution in [0.15, 0.2) is 125 Å². The van der Waals surface area contributed by atoms with E-state index >= 15 is 0 Å². The quantitative estimate of drug-likeness (QED) is 0.181. The lowest BCUT2D eigenvalue weighted by molar-refractivity contribution is -0.384. The molecule has 1 aromatic heterocycles. The van der Waals surface area contributed by atoms with Gasteiger partial charge in [0.1, 0.15) is 5.58 Å². The Morgan fingerprint density at radius 3 is 2.18 bits per heavy atom. The van der Waals surface area contributed by atoms with Crippen molar-refractivity contribution in [2.75, 3.05) is 0 Å². The number of rotatable bonds is 4. The molecular weight excluding hydrogens is 490 g/mol. The predicted octanol–water partition coefficient (Wildman–Crippen LogP) is 7.48. The zero-order valence-corrected chi connectivity index (χ0v) is 20.4. The first-order chi connectivity index (χ1) is 19.1. The van der Waals surface area contributed by atoms with Gasteiger partial charge in [-0.15, -0.1) is 0 Å². The summed E-state index contributed by atoms with van der Waals surface area (Å²) in [5.41, 5.74) is 4.69. The highest BCUT2D eigenvalue weighted by molar-refractivity contribution is 6.04. The minimum absolute atomic E-state index is 0.00931. The molecule has 7 heteroatoms. The highest BCUT2D eigenvalue weighted by Crippen LogP contribution is 2.47.